The molecule has 0 atom stereocenters. The third kappa shape index (κ3) is 1.48. The maximum atomic E-state index is 11.5. The lowest BCUT2D eigenvalue weighted by Crippen LogP contribution is -2.17. The van der Waals surface area contributed by atoms with Crippen LogP contribution in [0.3, 0.4) is 0 Å². The van der Waals surface area contributed by atoms with Gasteiger partial charge in [0.2, 0.25) is 0 Å². The number of nitriles is 1. The zero-order valence-electron chi connectivity index (χ0n) is 8.85. The second-order valence-corrected chi connectivity index (χ2v) is 3.40. The highest BCUT2D eigenvalue weighted by Gasteiger charge is 2.14. The van der Waals surface area contributed by atoms with Gasteiger partial charge < -0.3 is 0 Å². The summed E-state index contributed by atoms with van der Waals surface area (Å²) in [5.41, 5.74) is 2.45. The molecule has 0 aliphatic heterocycles. The highest BCUT2D eigenvalue weighted by atomic mass is 16.1. The van der Waals surface area contributed by atoms with Crippen molar-refractivity contribution >= 4 is 11.6 Å². The molecule has 0 aliphatic rings. The van der Waals surface area contributed by atoms with E-state index in [1.165, 1.54) is 6.20 Å². The van der Waals surface area contributed by atoms with Crippen molar-refractivity contribution in [1.82, 2.24) is 19.9 Å². The molecular formula is C10H9N5O. The van der Waals surface area contributed by atoms with Crippen molar-refractivity contribution in [1.29, 1.82) is 5.26 Å². The summed E-state index contributed by atoms with van der Waals surface area (Å²) in [6.07, 6.45) is 2.99. The van der Waals surface area contributed by atoms with Crippen LogP contribution >= 0.6 is 0 Å². The number of amides is 1. The average molecular weight is 215 g/mol. The van der Waals surface area contributed by atoms with Crippen molar-refractivity contribution < 1.29 is 4.79 Å². The SMILES string of the molecule is Cc1cc(C)n2ncc(C(=O)NC#N)c2n1. The first-order valence-corrected chi connectivity index (χ1v) is 4.65. The van der Waals surface area contributed by atoms with Crippen molar-refractivity contribution in [3.63, 3.8) is 0 Å². The summed E-state index contributed by atoms with van der Waals surface area (Å²) in [5.74, 6) is -0.491. The lowest BCUT2D eigenvalue weighted by molar-refractivity contribution is 0.0974. The number of nitrogens with one attached hydrogen (secondary N) is 1. The van der Waals surface area contributed by atoms with Gasteiger partial charge >= 0.3 is 0 Å². The second kappa shape index (κ2) is 3.62. The summed E-state index contributed by atoms with van der Waals surface area (Å²) in [4.78, 5) is 15.7. The Morgan fingerprint density at radius 3 is 3.00 bits per heavy atom. The molecule has 0 bridgehead atoms. The molecule has 0 saturated heterocycles. The van der Waals surface area contributed by atoms with Crippen LogP contribution in [0.4, 0.5) is 0 Å². The van der Waals surface area contributed by atoms with E-state index in [0.29, 0.717) is 11.2 Å². The Kier molecular flexibility index (Phi) is 2.29. The number of hydrogen-bond donors (Lipinski definition) is 1. The Bertz CT molecular complexity index is 607. The second-order valence-electron chi connectivity index (χ2n) is 3.40. The first kappa shape index (κ1) is 10.1. The normalized spacial score (nSPS) is 10.1. The summed E-state index contributed by atoms with van der Waals surface area (Å²) in [6, 6.07) is 1.87. The number of carbonyl (C=O) groups is 1. The summed E-state index contributed by atoms with van der Waals surface area (Å²) in [5, 5.41) is 14.5. The van der Waals surface area contributed by atoms with E-state index in [1.807, 2.05) is 19.9 Å². The zero-order valence-corrected chi connectivity index (χ0v) is 8.85. The molecule has 2 aromatic heterocycles. The summed E-state index contributed by atoms with van der Waals surface area (Å²) < 4.78 is 1.57. The van der Waals surface area contributed by atoms with Gasteiger partial charge in [0.05, 0.1) is 6.20 Å². The molecule has 80 valence electrons. The molecule has 0 aromatic carbocycles. The van der Waals surface area contributed by atoms with E-state index in [9.17, 15) is 4.79 Å². The maximum Gasteiger partial charge on any atom is 0.269 e. The van der Waals surface area contributed by atoms with E-state index >= 15 is 0 Å². The maximum absolute atomic E-state index is 11.5. The molecule has 6 nitrogen and oxygen atoms in total. The Balaban J connectivity index is 2.65. The van der Waals surface area contributed by atoms with Crippen molar-refractivity contribution in [2.24, 2.45) is 0 Å². The van der Waals surface area contributed by atoms with Crippen LogP contribution < -0.4 is 5.32 Å². The van der Waals surface area contributed by atoms with Crippen LogP contribution in [0, 0.1) is 25.3 Å². The highest BCUT2D eigenvalue weighted by Crippen LogP contribution is 2.11. The molecule has 2 heterocycles. The quantitative estimate of drug-likeness (QED) is 0.556. The first-order chi connectivity index (χ1) is 7.63. The number of aromatic nitrogens is 3. The molecule has 6 heteroatoms. The van der Waals surface area contributed by atoms with Gasteiger partial charge in [0.1, 0.15) is 5.56 Å². The van der Waals surface area contributed by atoms with E-state index in [0.717, 1.165) is 11.4 Å². The smallest absolute Gasteiger partial charge is 0.268 e. The number of hydrogen-bond acceptors (Lipinski definition) is 4. The molecule has 0 aliphatic carbocycles. The number of rotatable bonds is 1. The van der Waals surface area contributed by atoms with Crippen LogP contribution in [-0.2, 0) is 0 Å². The van der Waals surface area contributed by atoms with Gasteiger partial charge in [-0.1, -0.05) is 0 Å². The largest absolute Gasteiger partial charge is 0.269 e. The topological polar surface area (TPSA) is 83.1 Å². The Morgan fingerprint density at radius 1 is 1.56 bits per heavy atom. The molecule has 0 fully saturated rings. The lowest BCUT2D eigenvalue weighted by Gasteiger charge is -2.01. The predicted molar refractivity (Wildman–Crippen MR) is 55.5 cm³/mol. The van der Waals surface area contributed by atoms with Crippen LogP contribution in [0.2, 0.25) is 0 Å². The fraction of sp³-hybridized carbons (Fsp3) is 0.200. The third-order valence-electron chi connectivity index (χ3n) is 2.19. The third-order valence-corrected chi connectivity index (χ3v) is 2.19. The van der Waals surface area contributed by atoms with Gasteiger partial charge in [-0.2, -0.15) is 10.4 Å². The van der Waals surface area contributed by atoms with Gasteiger partial charge in [-0.05, 0) is 19.9 Å². The molecule has 1 amide bonds. The number of aryl methyl sites for hydroxylation is 2. The van der Waals surface area contributed by atoms with Crippen LogP contribution in [-0.4, -0.2) is 20.5 Å². The number of nitrogens with zero attached hydrogens (tertiary/aromatic N) is 4. The Hall–Kier alpha value is -2.42. The van der Waals surface area contributed by atoms with E-state index in [1.54, 1.807) is 10.7 Å². The molecule has 0 saturated carbocycles. The molecule has 0 spiro atoms. The van der Waals surface area contributed by atoms with Crippen LogP contribution in [0.5, 0.6) is 0 Å². The standard InChI is InChI=1S/C10H9N5O/c1-6-3-7(2)15-9(14-6)8(4-13-15)10(16)12-5-11/h3-4H,1-2H3,(H,12,16). The Morgan fingerprint density at radius 2 is 2.31 bits per heavy atom. The summed E-state index contributed by atoms with van der Waals surface area (Å²) in [7, 11) is 0. The first-order valence-electron chi connectivity index (χ1n) is 4.65. The van der Waals surface area contributed by atoms with Gasteiger partial charge in [-0.15, -0.1) is 0 Å². The molecular weight excluding hydrogens is 206 g/mol. The molecule has 1 N–H and O–H groups in total. The Labute approximate surface area is 91.5 Å². The fourth-order valence-corrected chi connectivity index (χ4v) is 1.55. The van der Waals surface area contributed by atoms with E-state index in [2.05, 4.69) is 15.4 Å². The molecule has 16 heavy (non-hydrogen) atoms. The van der Waals surface area contributed by atoms with E-state index in [-0.39, 0.29) is 0 Å². The van der Waals surface area contributed by atoms with Crippen molar-refractivity contribution in [3.8, 4) is 6.19 Å². The number of fused-ring (bicyclic) bond motifs is 1. The van der Waals surface area contributed by atoms with Gasteiger partial charge in [-0.25, -0.2) is 9.50 Å². The van der Waals surface area contributed by atoms with Gasteiger partial charge in [0.15, 0.2) is 11.8 Å². The van der Waals surface area contributed by atoms with E-state index < -0.39 is 5.91 Å². The van der Waals surface area contributed by atoms with E-state index in [4.69, 9.17) is 5.26 Å². The summed E-state index contributed by atoms with van der Waals surface area (Å²) in [6.45, 7) is 3.71. The van der Waals surface area contributed by atoms with Gasteiger partial charge in [-0.3, -0.25) is 10.1 Å². The average Bonchev–Trinajstić information content (AvgIpc) is 2.61. The van der Waals surface area contributed by atoms with Crippen LogP contribution in [0.1, 0.15) is 21.7 Å². The fourth-order valence-electron chi connectivity index (χ4n) is 1.55. The van der Waals surface area contributed by atoms with Crippen molar-refractivity contribution in [3.05, 3.63) is 29.2 Å². The minimum absolute atomic E-state index is 0.299. The molecule has 0 unspecified atom stereocenters. The minimum atomic E-state index is -0.491. The number of carbonyl (C=O) groups excluding carboxylic acids is 1. The highest BCUT2D eigenvalue weighted by molar-refractivity contribution is 6.00. The van der Waals surface area contributed by atoms with Crippen LogP contribution in [0.15, 0.2) is 12.3 Å². The predicted octanol–water partition coefficient (Wildman–Crippen LogP) is 0.557. The molecule has 2 rings (SSSR count). The molecule has 0 radical (unpaired) electrons. The summed E-state index contributed by atoms with van der Waals surface area (Å²) >= 11 is 0. The zero-order chi connectivity index (χ0) is 11.7. The van der Waals surface area contributed by atoms with Crippen LogP contribution in [0.25, 0.3) is 5.65 Å². The molecule has 2 aromatic rings. The van der Waals surface area contributed by atoms with Crippen molar-refractivity contribution in [2.45, 2.75) is 13.8 Å². The van der Waals surface area contributed by atoms with Gasteiger partial charge in [0, 0.05) is 11.4 Å². The van der Waals surface area contributed by atoms with Crippen molar-refractivity contribution in [2.75, 3.05) is 0 Å². The monoisotopic (exact) mass is 215 g/mol. The minimum Gasteiger partial charge on any atom is -0.268 e. The van der Waals surface area contributed by atoms with Gasteiger partial charge in [0.25, 0.3) is 5.91 Å². The lowest BCUT2D eigenvalue weighted by atomic mass is 10.3.